The van der Waals surface area contributed by atoms with Gasteiger partial charge in [-0.15, -0.1) is 0 Å². The Bertz CT molecular complexity index is 950. The van der Waals surface area contributed by atoms with E-state index in [1.165, 1.54) is 11.0 Å². The molecule has 7 heteroatoms. The van der Waals surface area contributed by atoms with E-state index >= 15 is 0 Å². The molecular weight excluding hydrogens is 334 g/mol. The van der Waals surface area contributed by atoms with Crippen molar-refractivity contribution in [1.29, 1.82) is 0 Å². The molecule has 1 heterocycles. The summed E-state index contributed by atoms with van der Waals surface area (Å²) in [7, 11) is 1.58. The summed E-state index contributed by atoms with van der Waals surface area (Å²) in [6.45, 7) is 1.77. The molecule has 0 radical (unpaired) electrons. The highest BCUT2D eigenvalue weighted by molar-refractivity contribution is 5.93. The van der Waals surface area contributed by atoms with Gasteiger partial charge >= 0.3 is 0 Å². The first-order valence-corrected chi connectivity index (χ1v) is 7.98. The van der Waals surface area contributed by atoms with Crippen LogP contribution in [-0.2, 0) is 6.54 Å². The molecule has 0 saturated carbocycles. The number of amides is 1. The Labute approximate surface area is 150 Å². The van der Waals surface area contributed by atoms with Crippen molar-refractivity contribution in [3.05, 3.63) is 81.7 Å². The van der Waals surface area contributed by atoms with Gasteiger partial charge in [-0.2, -0.15) is 0 Å². The van der Waals surface area contributed by atoms with E-state index in [4.69, 9.17) is 4.42 Å². The average Bonchev–Trinajstić information content (AvgIpc) is 3.03. The number of oxazole rings is 1. The number of hydrogen-bond acceptors (Lipinski definition) is 5. The number of rotatable bonds is 5. The number of aromatic nitrogens is 1. The van der Waals surface area contributed by atoms with Gasteiger partial charge in [-0.3, -0.25) is 14.9 Å². The second-order valence-electron chi connectivity index (χ2n) is 5.84. The van der Waals surface area contributed by atoms with Gasteiger partial charge < -0.3 is 9.32 Å². The molecule has 0 bridgehead atoms. The number of carbonyl (C=O) groups excluding carboxylic acids is 1. The highest BCUT2D eigenvalue weighted by atomic mass is 16.6. The summed E-state index contributed by atoms with van der Waals surface area (Å²) in [5, 5.41) is 11.1. The molecular formula is C19H17N3O4. The van der Waals surface area contributed by atoms with Crippen LogP contribution in [-0.4, -0.2) is 27.8 Å². The topological polar surface area (TPSA) is 89.5 Å². The van der Waals surface area contributed by atoms with Crippen molar-refractivity contribution >= 4 is 11.6 Å². The van der Waals surface area contributed by atoms with E-state index in [2.05, 4.69) is 4.98 Å². The second kappa shape index (κ2) is 7.18. The van der Waals surface area contributed by atoms with Crippen LogP contribution in [0.1, 0.15) is 21.8 Å². The molecule has 0 unspecified atom stereocenters. The molecule has 1 aromatic heterocycles. The quantitative estimate of drug-likeness (QED) is 0.515. The molecule has 3 rings (SSSR count). The number of nitrogens with zero attached hydrogens (tertiary/aromatic N) is 3. The Morgan fingerprint density at radius 2 is 1.81 bits per heavy atom. The minimum Gasteiger partial charge on any atom is -0.441 e. The van der Waals surface area contributed by atoms with Gasteiger partial charge in [-0.25, -0.2) is 4.98 Å². The predicted molar refractivity (Wildman–Crippen MR) is 95.6 cm³/mol. The van der Waals surface area contributed by atoms with Gasteiger partial charge in [-0.1, -0.05) is 36.4 Å². The van der Waals surface area contributed by atoms with Gasteiger partial charge in [0.15, 0.2) is 5.69 Å². The van der Waals surface area contributed by atoms with Gasteiger partial charge in [0.05, 0.1) is 11.5 Å². The van der Waals surface area contributed by atoms with Gasteiger partial charge in [0.1, 0.15) is 5.76 Å². The summed E-state index contributed by atoms with van der Waals surface area (Å²) in [6, 6.07) is 15.6. The summed E-state index contributed by atoms with van der Waals surface area (Å²) < 4.78 is 5.62. The van der Waals surface area contributed by atoms with Gasteiger partial charge in [0.25, 0.3) is 11.6 Å². The molecule has 0 aliphatic carbocycles. The molecule has 1 amide bonds. The van der Waals surface area contributed by atoms with Crippen molar-refractivity contribution < 1.29 is 14.1 Å². The lowest BCUT2D eigenvalue weighted by Gasteiger charge is -2.16. The maximum Gasteiger partial charge on any atom is 0.276 e. The minimum atomic E-state index is -0.456. The predicted octanol–water partition coefficient (Wildman–Crippen LogP) is 3.83. The lowest BCUT2D eigenvalue weighted by molar-refractivity contribution is -0.385. The smallest absolute Gasteiger partial charge is 0.276 e. The van der Waals surface area contributed by atoms with E-state index in [1.54, 1.807) is 32.2 Å². The fourth-order valence-corrected chi connectivity index (χ4v) is 2.63. The van der Waals surface area contributed by atoms with Crippen LogP contribution in [0, 0.1) is 17.0 Å². The van der Waals surface area contributed by atoms with Gasteiger partial charge in [-0.05, 0) is 19.1 Å². The number of benzene rings is 2. The summed E-state index contributed by atoms with van der Waals surface area (Å²) in [4.78, 5) is 29.1. The molecule has 3 aromatic rings. The lowest BCUT2D eigenvalue weighted by Crippen LogP contribution is -2.27. The number of nitro benzene ring substituents is 1. The third-order valence-electron chi connectivity index (χ3n) is 3.96. The molecule has 0 saturated heterocycles. The van der Waals surface area contributed by atoms with Crippen molar-refractivity contribution in [3.8, 4) is 11.5 Å². The van der Waals surface area contributed by atoms with Crippen LogP contribution in [0.2, 0.25) is 0 Å². The van der Waals surface area contributed by atoms with Crippen molar-refractivity contribution in [3.63, 3.8) is 0 Å². The SMILES string of the molecule is Cc1oc(-c2ccccc2)nc1C(=O)N(C)Cc1ccccc1[N+](=O)[O-]. The van der Waals surface area contributed by atoms with Crippen LogP contribution < -0.4 is 0 Å². The lowest BCUT2D eigenvalue weighted by atomic mass is 10.1. The summed E-state index contributed by atoms with van der Waals surface area (Å²) in [5.74, 6) is 0.417. The minimum absolute atomic E-state index is 0.0194. The van der Waals surface area contributed by atoms with Crippen molar-refractivity contribution in [1.82, 2.24) is 9.88 Å². The third-order valence-corrected chi connectivity index (χ3v) is 3.96. The standard InChI is InChI=1S/C19H17N3O4/c1-13-17(20-18(26-13)14-8-4-3-5-9-14)19(23)21(2)12-15-10-6-7-11-16(15)22(24)25/h3-11H,12H2,1-2H3. The molecule has 7 nitrogen and oxygen atoms in total. The van der Waals surface area contributed by atoms with E-state index in [0.717, 1.165) is 5.56 Å². The summed E-state index contributed by atoms with van der Waals surface area (Å²) in [5.41, 5.74) is 1.41. The first kappa shape index (κ1) is 17.3. The van der Waals surface area contributed by atoms with Crippen LogP contribution in [0.25, 0.3) is 11.5 Å². The second-order valence-corrected chi connectivity index (χ2v) is 5.84. The Morgan fingerprint density at radius 1 is 1.15 bits per heavy atom. The monoisotopic (exact) mass is 351 g/mol. The number of para-hydroxylation sites is 1. The third kappa shape index (κ3) is 3.46. The van der Waals surface area contributed by atoms with E-state index in [-0.39, 0.29) is 23.8 Å². The van der Waals surface area contributed by atoms with Crippen LogP contribution in [0.3, 0.4) is 0 Å². The molecule has 26 heavy (non-hydrogen) atoms. The van der Waals surface area contributed by atoms with Crippen molar-refractivity contribution in [2.75, 3.05) is 7.05 Å². The zero-order valence-electron chi connectivity index (χ0n) is 14.4. The average molecular weight is 351 g/mol. The van der Waals surface area contributed by atoms with Crippen LogP contribution >= 0.6 is 0 Å². The zero-order valence-corrected chi connectivity index (χ0v) is 14.4. The highest BCUT2D eigenvalue weighted by Gasteiger charge is 2.23. The van der Waals surface area contributed by atoms with E-state index < -0.39 is 4.92 Å². The molecule has 0 aliphatic rings. The molecule has 132 valence electrons. The molecule has 0 N–H and O–H groups in total. The van der Waals surface area contributed by atoms with Crippen molar-refractivity contribution in [2.45, 2.75) is 13.5 Å². The first-order valence-electron chi connectivity index (χ1n) is 7.98. The Hall–Kier alpha value is -3.48. The maximum absolute atomic E-state index is 12.7. The number of carbonyl (C=O) groups is 1. The first-order chi connectivity index (χ1) is 12.5. The molecule has 0 fully saturated rings. The summed E-state index contributed by atoms with van der Waals surface area (Å²) >= 11 is 0. The molecule has 2 aromatic carbocycles. The van der Waals surface area contributed by atoms with E-state index in [0.29, 0.717) is 17.2 Å². The number of hydrogen-bond donors (Lipinski definition) is 0. The molecule has 0 atom stereocenters. The maximum atomic E-state index is 12.7. The van der Waals surface area contributed by atoms with Gasteiger partial charge in [0, 0.05) is 24.2 Å². The van der Waals surface area contributed by atoms with Gasteiger partial charge in [0.2, 0.25) is 5.89 Å². The fourth-order valence-electron chi connectivity index (χ4n) is 2.63. The van der Waals surface area contributed by atoms with E-state index in [1.807, 2.05) is 30.3 Å². The van der Waals surface area contributed by atoms with E-state index in [9.17, 15) is 14.9 Å². The van der Waals surface area contributed by atoms with Crippen LogP contribution in [0.4, 0.5) is 5.69 Å². The normalized spacial score (nSPS) is 10.5. The fraction of sp³-hybridized carbons (Fsp3) is 0.158. The summed E-state index contributed by atoms with van der Waals surface area (Å²) in [6.07, 6.45) is 0. The highest BCUT2D eigenvalue weighted by Crippen LogP contribution is 2.24. The van der Waals surface area contributed by atoms with Crippen LogP contribution in [0.15, 0.2) is 59.0 Å². The van der Waals surface area contributed by atoms with Crippen molar-refractivity contribution in [2.24, 2.45) is 0 Å². The Balaban J connectivity index is 1.84. The Kier molecular flexibility index (Phi) is 4.79. The molecule has 0 spiro atoms. The number of aryl methyl sites for hydroxylation is 1. The molecule has 0 aliphatic heterocycles. The Morgan fingerprint density at radius 3 is 2.50 bits per heavy atom. The number of nitro groups is 1. The van der Waals surface area contributed by atoms with Crippen LogP contribution in [0.5, 0.6) is 0 Å². The zero-order chi connectivity index (χ0) is 18.7. The largest absolute Gasteiger partial charge is 0.441 e.